The van der Waals surface area contributed by atoms with Gasteiger partial charge in [0.2, 0.25) is 5.91 Å². The number of amides is 3. The molecule has 4 rings (SSSR count). The van der Waals surface area contributed by atoms with Crippen LogP contribution < -0.4 is 9.47 Å². The molecule has 3 amide bonds. The molecule has 2 saturated heterocycles. The highest BCUT2D eigenvalue weighted by Gasteiger charge is 2.37. The van der Waals surface area contributed by atoms with Gasteiger partial charge in [-0.15, -0.1) is 0 Å². The van der Waals surface area contributed by atoms with E-state index in [1.165, 1.54) is 0 Å². The van der Waals surface area contributed by atoms with Crippen LogP contribution in [0.5, 0.6) is 11.5 Å². The SMILES string of the molecule is CCOc1cc(/C=C2\SC(=O)N(CC(=O)N3CCOCC3)C2=O)cc(Br)c1OCc1cccc(C)c1. The van der Waals surface area contributed by atoms with E-state index < -0.39 is 11.1 Å². The largest absolute Gasteiger partial charge is 0.490 e. The number of halogens is 1. The van der Waals surface area contributed by atoms with E-state index in [4.69, 9.17) is 14.2 Å². The van der Waals surface area contributed by atoms with Gasteiger partial charge in [0.1, 0.15) is 13.2 Å². The quantitative estimate of drug-likeness (QED) is 0.425. The first-order valence-corrected chi connectivity index (χ1v) is 13.2. The second-order valence-electron chi connectivity index (χ2n) is 8.30. The van der Waals surface area contributed by atoms with Crippen molar-refractivity contribution in [3.05, 3.63) is 62.5 Å². The Morgan fingerprint density at radius 2 is 1.94 bits per heavy atom. The van der Waals surface area contributed by atoms with Crippen LogP contribution in [0, 0.1) is 6.92 Å². The fourth-order valence-corrected chi connectivity index (χ4v) is 5.28. The number of rotatable bonds is 8. The average molecular weight is 575 g/mol. The summed E-state index contributed by atoms with van der Waals surface area (Å²) in [6.07, 6.45) is 1.63. The molecule has 0 unspecified atom stereocenters. The van der Waals surface area contributed by atoms with E-state index in [9.17, 15) is 14.4 Å². The Balaban J connectivity index is 1.50. The monoisotopic (exact) mass is 574 g/mol. The number of imide groups is 1. The van der Waals surface area contributed by atoms with Gasteiger partial charge in [0.25, 0.3) is 11.1 Å². The highest BCUT2D eigenvalue weighted by Crippen LogP contribution is 2.39. The van der Waals surface area contributed by atoms with Gasteiger partial charge in [0, 0.05) is 13.1 Å². The first kappa shape index (κ1) is 26.2. The molecule has 2 heterocycles. The standard InChI is InChI=1S/C26H27BrN2O6S/c1-3-34-21-13-19(12-20(27)24(21)35-16-18-6-4-5-17(2)11-18)14-22-25(31)29(26(32)36-22)15-23(30)28-7-9-33-10-8-28/h4-6,11-14H,3,7-10,15-16H2,1-2H3/b22-14-. The Labute approximate surface area is 222 Å². The van der Waals surface area contributed by atoms with Gasteiger partial charge in [-0.05, 0) is 70.9 Å². The summed E-state index contributed by atoms with van der Waals surface area (Å²) in [5, 5.41) is -0.463. The molecule has 36 heavy (non-hydrogen) atoms. The summed E-state index contributed by atoms with van der Waals surface area (Å²) in [5.41, 5.74) is 2.85. The number of thioether (sulfide) groups is 1. The van der Waals surface area contributed by atoms with Crippen LogP contribution in [-0.2, 0) is 20.9 Å². The van der Waals surface area contributed by atoms with Crippen LogP contribution >= 0.6 is 27.7 Å². The van der Waals surface area contributed by atoms with E-state index in [0.29, 0.717) is 61.1 Å². The fraction of sp³-hybridized carbons (Fsp3) is 0.346. The van der Waals surface area contributed by atoms with Crippen molar-refractivity contribution >= 4 is 50.8 Å². The predicted molar refractivity (Wildman–Crippen MR) is 141 cm³/mol. The second kappa shape index (κ2) is 11.9. The van der Waals surface area contributed by atoms with Gasteiger partial charge in [-0.3, -0.25) is 19.3 Å². The molecule has 2 aromatic rings. The van der Waals surface area contributed by atoms with E-state index in [2.05, 4.69) is 22.0 Å². The lowest BCUT2D eigenvalue weighted by molar-refractivity contribution is -0.139. The maximum absolute atomic E-state index is 12.9. The molecule has 0 N–H and O–H groups in total. The number of hydrogen-bond acceptors (Lipinski definition) is 7. The van der Waals surface area contributed by atoms with Crippen molar-refractivity contribution in [3.63, 3.8) is 0 Å². The highest BCUT2D eigenvalue weighted by molar-refractivity contribution is 9.10. The van der Waals surface area contributed by atoms with Crippen LogP contribution in [0.2, 0.25) is 0 Å². The zero-order chi connectivity index (χ0) is 25.7. The molecule has 2 aliphatic heterocycles. The number of carbonyl (C=O) groups is 3. The minimum absolute atomic E-state index is 0.248. The second-order valence-corrected chi connectivity index (χ2v) is 10.1. The summed E-state index contributed by atoms with van der Waals surface area (Å²) >= 11 is 4.38. The third kappa shape index (κ3) is 6.29. The maximum Gasteiger partial charge on any atom is 0.294 e. The minimum Gasteiger partial charge on any atom is -0.490 e. The lowest BCUT2D eigenvalue weighted by atomic mass is 10.1. The molecule has 190 valence electrons. The van der Waals surface area contributed by atoms with Crippen molar-refractivity contribution in [2.45, 2.75) is 20.5 Å². The molecule has 10 heteroatoms. The summed E-state index contributed by atoms with van der Waals surface area (Å²) in [6.45, 7) is 6.25. The highest BCUT2D eigenvalue weighted by atomic mass is 79.9. The fourth-order valence-electron chi connectivity index (χ4n) is 3.87. The molecule has 0 bridgehead atoms. The van der Waals surface area contributed by atoms with Gasteiger partial charge in [-0.25, -0.2) is 0 Å². The lowest BCUT2D eigenvalue weighted by Crippen LogP contribution is -2.46. The Hall–Kier alpha value is -2.82. The van der Waals surface area contributed by atoms with Gasteiger partial charge >= 0.3 is 0 Å². The number of carbonyl (C=O) groups excluding carboxylic acids is 3. The van der Waals surface area contributed by atoms with E-state index in [1.807, 2.05) is 32.0 Å². The summed E-state index contributed by atoms with van der Waals surface area (Å²) in [6, 6.07) is 11.6. The van der Waals surface area contributed by atoms with Gasteiger partial charge < -0.3 is 19.1 Å². The molecule has 0 atom stereocenters. The molecule has 0 aliphatic carbocycles. The van der Waals surface area contributed by atoms with Crippen LogP contribution in [0.1, 0.15) is 23.6 Å². The first-order chi connectivity index (χ1) is 17.4. The van der Waals surface area contributed by atoms with Crippen molar-refractivity contribution in [2.24, 2.45) is 0 Å². The van der Waals surface area contributed by atoms with Crippen molar-refractivity contribution in [1.29, 1.82) is 0 Å². The summed E-state index contributed by atoms with van der Waals surface area (Å²) in [7, 11) is 0. The molecular formula is C26H27BrN2O6S. The van der Waals surface area contributed by atoms with E-state index in [-0.39, 0.29) is 17.4 Å². The molecular weight excluding hydrogens is 548 g/mol. The third-order valence-corrected chi connectivity index (χ3v) is 7.12. The van der Waals surface area contributed by atoms with Crippen LogP contribution in [0.25, 0.3) is 6.08 Å². The predicted octanol–water partition coefficient (Wildman–Crippen LogP) is 4.63. The molecule has 0 saturated carbocycles. The average Bonchev–Trinajstić information content (AvgIpc) is 3.11. The molecule has 2 aromatic carbocycles. The van der Waals surface area contributed by atoms with Gasteiger partial charge in [0.05, 0.1) is 29.2 Å². The van der Waals surface area contributed by atoms with E-state index >= 15 is 0 Å². The van der Waals surface area contributed by atoms with Crippen molar-refractivity contribution in [3.8, 4) is 11.5 Å². The number of morpholine rings is 1. The van der Waals surface area contributed by atoms with Crippen LogP contribution in [0.4, 0.5) is 4.79 Å². The third-order valence-electron chi connectivity index (χ3n) is 5.63. The van der Waals surface area contributed by atoms with E-state index in [0.717, 1.165) is 27.8 Å². The summed E-state index contributed by atoms with van der Waals surface area (Å²) in [4.78, 5) is 40.9. The Morgan fingerprint density at radius 3 is 2.67 bits per heavy atom. The number of ether oxygens (including phenoxy) is 3. The molecule has 0 spiro atoms. The Bertz CT molecular complexity index is 1190. The number of nitrogens with zero attached hydrogens (tertiary/aromatic N) is 2. The zero-order valence-electron chi connectivity index (χ0n) is 20.1. The van der Waals surface area contributed by atoms with Crippen LogP contribution in [0.15, 0.2) is 45.8 Å². The lowest BCUT2D eigenvalue weighted by Gasteiger charge is -2.28. The van der Waals surface area contributed by atoms with Crippen molar-refractivity contribution in [1.82, 2.24) is 9.80 Å². The summed E-state index contributed by atoms with van der Waals surface area (Å²) < 4.78 is 17.8. The molecule has 8 nitrogen and oxygen atoms in total. The molecule has 2 aliphatic rings. The normalized spacial score (nSPS) is 17.1. The van der Waals surface area contributed by atoms with Gasteiger partial charge in [-0.2, -0.15) is 0 Å². The van der Waals surface area contributed by atoms with E-state index in [1.54, 1.807) is 23.1 Å². The minimum atomic E-state index is -0.486. The zero-order valence-corrected chi connectivity index (χ0v) is 22.5. The molecule has 0 aromatic heterocycles. The van der Waals surface area contributed by atoms with Crippen molar-refractivity contribution in [2.75, 3.05) is 39.5 Å². The Kier molecular flexibility index (Phi) is 8.71. The topological polar surface area (TPSA) is 85.4 Å². The molecule has 0 radical (unpaired) electrons. The van der Waals surface area contributed by atoms with Gasteiger partial charge in [0.15, 0.2) is 11.5 Å². The Morgan fingerprint density at radius 1 is 1.17 bits per heavy atom. The van der Waals surface area contributed by atoms with Crippen molar-refractivity contribution < 1.29 is 28.6 Å². The molecule has 2 fully saturated rings. The first-order valence-electron chi connectivity index (χ1n) is 11.6. The number of benzene rings is 2. The maximum atomic E-state index is 12.9. The van der Waals surface area contributed by atoms with Crippen LogP contribution in [-0.4, -0.2) is 66.3 Å². The van der Waals surface area contributed by atoms with Crippen LogP contribution in [0.3, 0.4) is 0 Å². The smallest absolute Gasteiger partial charge is 0.294 e. The number of aryl methyl sites for hydroxylation is 1. The van der Waals surface area contributed by atoms with Gasteiger partial charge in [-0.1, -0.05) is 29.8 Å². The number of hydrogen-bond donors (Lipinski definition) is 0. The summed E-state index contributed by atoms with van der Waals surface area (Å²) in [5.74, 6) is 0.325.